The molecule has 0 aromatic heterocycles. The van der Waals surface area contributed by atoms with E-state index in [9.17, 15) is 9.59 Å². The molecule has 0 aromatic carbocycles. The Morgan fingerprint density at radius 2 is 1.80 bits per heavy atom. The zero-order valence-electron chi connectivity index (χ0n) is 5.83. The topological polar surface area (TPSA) is 74.6 Å². The number of rotatable bonds is 1. The minimum Gasteiger partial charge on any atom is -0.286 e. The molecule has 0 fully saturated rings. The molecule has 0 unspecified atom stereocenters. The summed E-state index contributed by atoms with van der Waals surface area (Å²) in [6.07, 6.45) is -0.0259. The highest BCUT2D eigenvalue weighted by Gasteiger charge is 2.25. The molecule has 0 rings (SSSR count). The Kier molecular flexibility index (Phi) is 3.01. The van der Waals surface area contributed by atoms with E-state index in [-0.39, 0.29) is 6.42 Å². The van der Waals surface area contributed by atoms with Crippen molar-refractivity contribution in [3.05, 3.63) is 0 Å². The lowest BCUT2D eigenvalue weighted by Crippen LogP contribution is -2.16. The van der Waals surface area contributed by atoms with Crippen molar-refractivity contribution in [2.45, 2.75) is 20.3 Å². The fraction of sp³-hybridized carbons (Fsp3) is 0.600. The second-order valence-electron chi connectivity index (χ2n) is 1.77. The molecule has 0 aliphatic heterocycles. The molecule has 0 saturated carbocycles. The normalized spacial score (nSPS) is 12.8. The van der Waals surface area contributed by atoms with Gasteiger partial charge in [-0.05, 0) is 0 Å². The van der Waals surface area contributed by atoms with Gasteiger partial charge in [0.1, 0.15) is 0 Å². The average Bonchev–Trinajstić information content (AvgIpc) is 1.86. The maximum absolute atomic E-state index is 10.6. The van der Waals surface area contributed by atoms with Crippen molar-refractivity contribution < 1.29 is 18.7 Å². The lowest BCUT2D eigenvalue weighted by Gasteiger charge is -2.24. The molecule has 10 heavy (non-hydrogen) atoms. The summed E-state index contributed by atoms with van der Waals surface area (Å²) in [6.45, 7) is 2.46. The van der Waals surface area contributed by atoms with Crippen molar-refractivity contribution in [2.24, 2.45) is 0 Å². The van der Waals surface area contributed by atoms with Gasteiger partial charge in [0.15, 0.2) is 0 Å². The summed E-state index contributed by atoms with van der Waals surface area (Å²) in [5, 5.41) is -1.65. The van der Waals surface area contributed by atoms with Gasteiger partial charge in [-0.25, -0.2) is 0 Å². The fourth-order valence-electron chi connectivity index (χ4n) is 0.362. The number of hydrogen-bond donors (Lipinski definition) is 2. The number of carbonyl (C=O) groups is 2. The van der Waals surface area contributed by atoms with Gasteiger partial charge in [0, 0.05) is 13.3 Å². The van der Waals surface area contributed by atoms with Crippen LogP contribution in [0.15, 0.2) is 0 Å². The Morgan fingerprint density at radius 1 is 1.40 bits per heavy atom. The van der Waals surface area contributed by atoms with Gasteiger partial charge in [-0.3, -0.25) is 18.7 Å². The first-order valence-electron chi connectivity index (χ1n) is 2.74. The average molecular weight is 166 g/mol. The van der Waals surface area contributed by atoms with Gasteiger partial charge < -0.3 is 0 Å². The van der Waals surface area contributed by atoms with Gasteiger partial charge in [-0.1, -0.05) is 17.5 Å². The standard InChI is InChI=1S/C5H10O4S/c1-3-5(7)10(8,9)4(2)6/h8-9H,3H2,1-2H3. The van der Waals surface area contributed by atoms with E-state index in [2.05, 4.69) is 0 Å². The second kappa shape index (κ2) is 3.14. The van der Waals surface area contributed by atoms with Crippen molar-refractivity contribution in [3.63, 3.8) is 0 Å². The van der Waals surface area contributed by atoms with Crippen molar-refractivity contribution in [3.8, 4) is 0 Å². The number of hydrogen-bond acceptors (Lipinski definition) is 4. The summed E-state index contributed by atoms with van der Waals surface area (Å²) in [6, 6.07) is 0. The molecule has 0 amide bonds. The predicted molar refractivity (Wildman–Crippen MR) is 38.8 cm³/mol. The van der Waals surface area contributed by atoms with Crippen LogP contribution in [0.1, 0.15) is 20.3 Å². The molecular formula is C5H10O4S. The Labute approximate surface area is 60.6 Å². The maximum Gasteiger partial charge on any atom is 0.246 e. The van der Waals surface area contributed by atoms with Crippen molar-refractivity contribution in [1.82, 2.24) is 0 Å². The van der Waals surface area contributed by atoms with Gasteiger partial charge in [-0.2, -0.15) is 0 Å². The van der Waals surface area contributed by atoms with E-state index in [0.717, 1.165) is 6.92 Å². The smallest absolute Gasteiger partial charge is 0.246 e. The molecule has 0 radical (unpaired) electrons. The van der Waals surface area contributed by atoms with Gasteiger partial charge in [0.05, 0.1) is 0 Å². The third-order valence-corrected chi connectivity index (χ3v) is 2.73. The fourth-order valence-corrected chi connectivity index (χ4v) is 1.08. The van der Waals surface area contributed by atoms with Gasteiger partial charge in [-0.15, -0.1) is 0 Å². The van der Waals surface area contributed by atoms with Crippen LogP contribution in [0.4, 0.5) is 0 Å². The summed E-state index contributed by atoms with van der Waals surface area (Å²) in [5.74, 6) is 0. The third-order valence-electron chi connectivity index (χ3n) is 1.01. The van der Waals surface area contributed by atoms with Crippen LogP contribution in [-0.4, -0.2) is 19.3 Å². The lowest BCUT2D eigenvalue weighted by molar-refractivity contribution is -0.114. The molecule has 0 aromatic rings. The molecule has 0 bridgehead atoms. The first kappa shape index (κ1) is 9.61. The lowest BCUT2D eigenvalue weighted by atomic mass is 10.6. The quantitative estimate of drug-likeness (QED) is 0.614. The van der Waals surface area contributed by atoms with E-state index in [4.69, 9.17) is 9.11 Å². The molecule has 0 spiro atoms. The summed E-state index contributed by atoms with van der Waals surface area (Å²) in [7, 11) is -3.60. The third kappa shape index (κ3) is 1.80. The minimum absolute atomic E-state index is 0.0259. The SMILES string of the molecule is CCC(=O)S(O)(O)C(C)=O. The Bertz CT molecular complexity index is 163. The van der Waals surface area contributed by atoms with E-state index in [0.29, 0.717) is 0 Å². The molecule has 0 aliphatic rings. The first-order valence-corrected chi connectivity index (χ1v) is 4.29. The highest BCUT2D eigenvalue weighted by Crippen LogP contribution is 2.40. The van der Waals surface area contributed by atoms with Crippen LogP contribution >= 0.6 is 10.6 Å². The van der Waals surface area contributed by atoms with E-state index < -0.39 is 20.8 Å². The molecular weight excluding hydrogens is 156 g/mol. The van der Waals surface area contributed by atoms with E-state index in [1.54, 1.807) is 0 Å². The zero-order valence-corrected chi connectivity index (χ0v) is 6.64. The molecule has 2 N–H and O–H groups in total. The highest BCUT2D eigenvalue weighted by molar-refractivity contribution is 8.47. The zero-order chi connectivity index (χ0) is 8.36. The minimum atomic E-state index is -3.60. The first-order chi connectivity index (χ1) is 4.42. The largest absolute Gasteiger partial charge is 0.286 e. The van der Waals surface area contributed by atoms with Crippen molar-refractivity contribution >= 4 is 20.8 Å². The van der Waals surface area contributed by atoms with E-state index in [1.165, 1.54) is 6.92 Å². The molecule has 0 atom stereocenters. The monoisotopic (exact) mass is 166 g/mol. The summed E-state index contributed by atoms with van der Waals surface area (Å²) >= 11 is 0. The molecule has 0 aliphatic carbocycles. The molecule has 5 heteroatoms. The van der Waals surface area contributed by atoms with E-state index in [1.807, 2.05) is 0 Å². The Morgan fingerprint density at radius 3 is 1.90 bits per heavy atom. The summed E-state index contributed by atoms with van der Waals surface area (Å²) in [5.41, 5.74) is 0. The van der Waals surface area contributed by atoms with Crippen LogP contribution in [0, 0.1) is 0 Å². The molecule has 0 heterocycles. The summed E-state index contributed by atoms with van der Waals surface area (Å²) < 4.78 is 17.6. The Balaban J connectivity index is 4.40. The summed E-state index contributed by atoms with van der Waals surface area (Å²) in [4.78, 5) is 21.0. The molecule has 0 saturated heterocycles. The number of carbonyl (C=O) groups excluding carboxylic acids is 2. The highest BCUT2D eigenvalue weighted by atomic mass is 32.3. The van der Waals surface area contributed by atoms with Crippen LogP contribution in [0.3, 0.4) is 0 Å². The Hall–Kier alpha value is -0.390. The molecule has 4 nitrogen and oxygen atoms in total. The van der Waals surface area contributed by atoms with Crippen LogP contribution in [0.2, 0.25) is 0 Å². The van der Waals surface area contributed by atoms with Crippen LogP contribution < -0.4 is 0 Å². The van der Waals surface area contributed by atoms with Gasteiger partial charge in [0.2, 0.25) is 10.2 Å². The van der Waals surface area contributed by atoms with E-state index >= 15 is 0 Å². The van der Waals surface area contributed by atoms with Crippen molar-refractivity contribution in [2.75, 3.05) is 0 Å². The van der Waals surface area contributed by atoms with Crippen molar-refractivity contribution in [1.29, 1.82) is 0 Å². The predicted octanol–water partition coefficient (Wildman–Crippen LogP) is 1.22. The molecule has 60 valence electrons. The van der Waals surface area contributed by atoms with Gasteiger partial charge in [0.25, 0.3) is 0 Å². The van der Waals surface area contributed by atoms with Crippen LogP contribution in [-0.2, 0) is 9.59 Å². The van der Waals surface area contributed by atoms with Crippen LogP contribution in [0.5, 0.6) is 0 Å². The van der Waals surface area contributed by atoms with Gasteiger partial charge >= 0.3 is 0 Å². The van der Waals surface area contributed by atoms with Crippen LogP contribution in [0.25, 0.3) is 0 Å². The maximum atomic E-state index is 10.6. The second-order valence-corrected chi connectivity index (χ2v) is 3.89.